The van der Waals surface area contributed by atoms with Crippen molar-refractivity contribution >= 4 is 0 Å². The molecule has 1 aliphatic heterocycles. The first-order chi connectivity index (χ1) is 13.2. The van der Waals surface area contributed by atoms with Crippen LogP contribution in [0.5, 0.6) is 0 Å². The minimum atomic E-state index is 0.358. The third kappa shape index (κ3) is 3.16. The molecule has 0 N–H and O–H groups in total. The molecule has 27 heavy (non-hydrogen) atoms. The fourth-order valence-corrected chi connectivity index (χ4v) is 6.04. The molecule has 0 spiro atoms. The Labute approximate surface area is 163 Å². The van der Waals surface area contributed by atoms with E-state index in [1.54, 1.807) is 11.1 Å². The minimum Gasteiger partial charge on any atom is -0.469 e. The number of piperidine rings is 1. The molecule has 1 aromatic heterocycles. The van der Waals surface area contributed by atoms with E-state index in [0.29, 0.717) is 5.41 Å². The lowest BCUT2D eigenvalue weighted by Gasteiger charge is -2.56. The van der Waals surface area contributed by atoms with Crippen LogP contribution < -0.4 is 0 Å². The fraction of sp³-hybridized carbons (Fsp3) is 0.600. The van der Waals surface area contributed by atoms with Gasteiger partial charge in [0.1, 0.15) is 5.76 Å². The molecule has 5 rings (SSSR count). The number of hydrogen-bond donors (Lipinski definition) is 0. The van der Waals surface area contributed by atoms with Gasteiger partial charge in [-0.3, -0.25) is 4.90 Å². The van der Waals surface area contributed by atoms with E-state index >= 15 is 0 Å². The molecule has 2 fully saturated rings. The third-order valence-corrected chi connectivity index (χ3v) is 7.81. The standard InChI is InChI=1S/C25H33NO/c1-18-7-10-21-16-24-19(2)25(23(21)15-18,11-3-5-22-6-4-14-27-22)12-13-26(24)17-20-8-9-20/h4,6-7,10,14-15,19-20,24H,3,5,8-9,11-13,16-17H2,1-2H3/t19-,24?,25-/m0/s1. The van der Waals surface area contributed by atoms with E-state index in [0.717, 1.165) is 30.1 Å². The van der Waals surface area contributed by atoms with Crippen LogP contribution in [0, 0.1) is 18.8 Å². The van der Waals surface area contributed by atoms with Gasteiger partial charge >= 0.3 is 0 Å². The van der Waals surface area contributed by atoms with Gasteiger partial charge in [0.2, 0.25) is 0 Å². The Bertz CT molecular complexity index is 791. The van der Waals surface area contributed by atoms with Crippen molar-refractivity contribution in [2.75, 3.05) is 13.1 Å². The summed E-state index contributed by atoms with van der Waals surface area (Å²) in [6.45, 7) is 7.45. The van der Waals surface area contributed by atoms with E-state index in [9.17, 15) is 0 Å². The summed E-state index contributed by atoms with van der Waals surface area (Å²) in [5.41, 5.74) is 5.08. The van der Waals surface area contributed by atoms with Crippen molar-refractivity contribution in [1.82, 2.24) is 4.90 Å². The highest BCUT2D eigenvalue weighted by molar-refractivity contribution is 5.42. The van der Waals surface area contributed by atoms with Crippen LogP contribution in [0.2, 0.25) is 0 Å². The molecule has 144 valence electrons. The molecule has 2 aliphatic carbocycles. The van der Waals surface area contributed by atoms with Crippen molar-refractivity contribution in [1.29, 1.82) is 0 Å². The maximum absolute atomic E-state index is 5.60. The molecule has 2 heteroatoms. The summed E-state index contributed by atoms with van der Waals surface area (Å²) in [5.74, 6) is 2.88. The summed E-state index contributed by atoms with van der Waals surface area (Å²) in [6, 6.07) is 12.2. The van der Waals surface area contributed by atoms with Crippen molar-refractivity contribution in [3.63, 3.8) is 0 Å². The lowest BCUT2D eigenvalue weighted by molar-refractivity contribution is 0.0148. The topological polar surface area (TPSA) is 16.4 Å². The first-order valence-electron chi connectivity index (χ1n) is 11.0. The zero-order valence-electron chi connectivity index (χ0n) is 16.9. The molecule has 1 saturated heterocycles. The van der Waals surface area contributed by atoms with Gasteiger partial charge in [-0.1, -0.05) is 30.7 Å². The molecular weight excluding hydrogens is 330 g/mol. The van der Waals surface area contributed by atoms with E-state index in [-0.39, 0.29) is 0 Å². The van der Waals surface area contributed by atoms with Crippen LogP contribution in [0.1, 0.15) is 61.5 Å². The van der Waals surface area contributed by atoms with Crippen LogP contribution in [0.25, 0.3) is 0 Å². The van der Waals surface area contributed by atoms with Gasteiger partial charge in [-0.25, -0.2) is 0 Å². The molecule has 2 bridgehead atoms. The Morgan fingerprint density at radius 1 is 1.22 bits per heavy atom. The fourth-order valence-electron chi connectivity index (χ4n) is 6.04. The van der Waals surface area contributed by atoms with Gasteiger partial charge in [-0.15, -0.1) is 0 Å². The number of benzene rings is 1. The van der Waals surface area contributed by atoms with Crippen LogP contribution in [0.15, 0.2) is 41.0 Å². The Kier molecular flexibility index (Phi) is 4.43. The lowest BCUT2D eigenvalue weighted by Crippen LogP contribution is -2.59. The van der Waals surface area contributed by atoms with E-state index in [2.05, 4.69) is 43.0 Å². The maximum Gasteiger partial charge on any atom is 0.103 e. The largest absolute Gasteiger partial charge is 0.469 e. The van der Waals surface area contributed by atoms with E-state index < -0.39 is 0 Å². The minimum absolute atomic E-state index is 0.358. The smallest absolute Gasteiger partial charge is 0.103 e. The van der Waals surface area contributed by atoms with Gasteiger partial charge in [-0.05, 0) is 87.1 Å². The quantitative estimate of drug-likeness (QED) is 0.671. The number of aryl methyl sites for hydroxylation is 2. The number of rotatable bonds is 6. The van der Waals surface area contributed by atoms with Crippen molar-refractivity contribution in [3.05, 3.63) is 59.0 Å². The third-order valence-electron chi connectivity index (χ3n) is 7.81. The van der Waals surface area contributed by atoms with Crippen molar-refractivity contribution < 1.29 is 4.42 Å². The van der Waals surface area contributed by atoms with Gasteiger partial charge in [-0.2, -0.15) is 0 Å². The first-order valence-corrected chi connectivity index (χ1v) is 11.0. The molecular formula is C25H33NO. The highest BCUT2D eigenvalue weighted by atomic mass is 16.3. The molecule has 2 heterocycles. The zero-order chi connectivity index (χ0) is 18.4. The second-order valence-electron chi connectivity index (χ2n) is 9.50. The average Bonchev–Trinajstić information content (AvgIpc) is 3.32. The number of hydrogen-bond acceptors (Lipinski definition) is 2. The SMILES string of the molecule is Cc1ccc2c(c1)[C@@]1(CCCc3ccco3)CCN(CC3CC3)C(C2)[C@@H]1C. The van der Waals surface area contributed by atoms with Crippen molar-refractivity contribution in [2.24, 2.45) is 11.8 Å². The van der Waals surface area contributed by atoms with Crippen LogP contribution >= 0.6 is 0 Å². The Morgan fingerprint density at radius 3 is 2.89 bits per heavy atom. The van der Waals surface area contributed by atoms with Gasteiger partial charge in [0.25, 0.3) is 0 Å². The second kappa shape index (κ2) is 6.81. The van der Waals surface area contributed by atoms with E-state index in [1.165, 1.54) is 57.2 Å². The normalized spacial score (nSPS) is 30.3. The summed E-state index contributed by atoms with van der Waals surface area (Å²) < 4.78 is 5.60. The van der Waals surface area contributed by atoms with Crippen molar-refractivity contribution in [2.45, 2.75) is 70.3 Å². The van der Waals surface area contributed by atoms with Gasteiger partial charge in [0.15, 0.2) is 0 Å². The molecule has 2 nitrogen and oxygen atoms in total. The summed E-state index contributed by atoms with van der Waals surface area (Å²) >= 11 is 0. The summed E-state index contributed by atoms with van der Waals surface area (Å²) in [4.78, 5) is 2.86. The van der Waals surface area contributed by atoms with Gasteiger partial charge < -0.3 is 4.42 Å². The van der Waals surface area contributed by atoms with Crippen LogP contribution in [-0.2, 0) is 18.3 Å². The number of furan rings is 1. The molecule has 3 aliphatic rings. The molecule has 0 amide bonds. The molecule has 1 saturated carbocycles. The molecule has 1 unspecified atom stereocenters. The highest BCUT2D eigenvalue weighted by Gasteiger charge is 2.51. The Hall–Kier alpha value is -1.54. The van der Waals surface area contributed by atoms with Gasteiger partial charge in [0, 0.05) is 24.4 Å². The Morgan fingerprint density at radius 2 is 2.11 bits per heavy atom. The van der Waals surface area contributed by atoms with E-state index in [1.807, 2.05) is 12.3 Å². The first kappa shape index (κ1) is 17.6. The predicted molar refractivity (Wildman–Crippen MR) is 110 cm³/mol. The predicted octanol–water partition coefficient (Wildman–Crippen LogP) is 5.53. The highest BCUT2D eigenvalue weighted by Crippen LogP contribution is 2.52. The van der Waals surface area contributed by atoms with Crippen LogP contribution in [0.3, 0.4) is 0 Å². The summed E-state index contributed by atoms with van der Waals surface area (Å²) in [7, 11) is 0. The number of nitrogens with zero attached hydrogens (tertiary/aromatic N) is 1. The summed E-state index contributed by atoms with van der Waals surface area (Å²) in [6.07, 6.45) is 10.9. The lowest BCUT2D eigenvalue weighted by atomic mass is 9.56. The monoisotopic (exact) mass is 363 g/mol. The van der Waals surface area contributed by atoms with E-state index in [4.69, 9.17) is 4.42 Å². The molecule has 0 radical (unpaired) electrons. The molecule has 3 atom stereocenters. The average molecular weight is 364 g/mol. The zero-order valence-corrected chi connectivity index (χ0v) is 16.9. The number of likely N-dealkylation sites (tertiary alicyclic amines) is 1. The van der Waals surface area contributed by atoms with Crippen molar-refractivity contribution in [3.8, 4) is 0 Å². The van der Waals surface area contributed by atoms with Crippen LogP contribution in [0.4, 0.5) is 0 Å². The maximum atomic E-state index is 5.60. The number of fused-ring (bicyclic) bond motifs is 4. The van der Waals surface area contributed by atoms with Gasteiger partial charge in [0.05, 0.1) is 6.26 Å². The summed E-state index contributed by atoms with van der Waals surface area (Å²) in [5, 5.41) is 0. The Balaban J connectivity index is 1.44. The van der Waals surface area contributed by atoms with Crippen LogP contribution in [-0.4, -0.2) is 24.0 Å². The molecule has 2 aromatic rings. The molecule has 1 aromatic carbocycles. The second-order valence-corrected chi connectivity index (χ2v) is 9.50.